The van der Waals surface area contributed by atoms with Crippen molar-refractivity contribution in [3.8, 4) is 23.3 Å². The number of anilines is 1. The average molecular weight is 315 g/mol. The zero-order valence-electron chi connectivity index (χ0n) is 13.0. The Morgan fingerprint density at radius 1 is 1.35 bits per heavy atom. The Hall–Kier alpha value is -2.88. The fourth-order valence-corrected chi connectivity index (χ4v) is 2.03. The highest BCUT2D eigenvalue weighted by Gasteiger charge is 2.16. The molecule has 7 nitrogen and oxygen atoms in total. The van der Waals surface area contributed by atoms with E-state index in [4.69, 9.17) is 23.9 Å². The number of aromatic nitrogens is 1. The first-order valence-electron chi connectivity index (χ1n) is 7.32. The molecule has 0 radical (unpaired) electrons. The van der Waals surface area contributed by atoms with Crippen LogP contribution < -0.4 is 19.5 Å². The third-order valence-corrected chi connectivity index (χ3v) is 3.15. The van der Waals surface area contributed by atoms with E-state index in [2.05, 4.69) is 24.1 Å². The minimum Gasteiger partial charge on any atom is -0.484 e. The summed E-state index contributed by atoms with van der Waals surface area (Å²) < 4.78 is 21.7. The van der Waals surface area contributed by atoms with Crippen LogP contribution >= 0.6 is 0 Å². The lowest BCUT2D eigenvalue weighted by atomic mass is 10.2. The molecule has 0 aliphatic carbocycles. The van der Waals surface area contributed by atoms with Crippen LogP contribution in [-0.2, 0) is 6.61 Å². The van der Waals surface area contributed by atoms with Crippen molar-refractivity contribution in [3.05, 3.63) is 29.8 Å². The summed E-state index contributed by atoms with van der Waals surface area (Å²) in [6.45, 7) is 5.18. The molecule has 0 bridgehead atoms. The van der Waals surface area contributed by atoms with Gasteiger partial charge in [0.15, 0.2) is 18.1 Å². The molecule has 1 aliphatic rings. The van der Waals surface area contributed by atoms with Crippen molar-refractivity contribution in [2.24, 2.45) is 5.92 Å². The molecule has 0 unspecified atom stereocenters. The molecule has 1 aliphatic heterocycles. The van der Waals surface area contributed by atoms with E-state index in [1.807, 2.05) is 6.07 Å². The first kappa shape index (κ1) is 15.0. The maximum Gasteiger partial charge on any atom is 0.236 e. The van der Waals surface area contributed by atoms with Gasteiger partial charge in [-0.3, -0.25) is 0 Å². The molecule has 1 N–H and O–H groups in total. The Labute approximate surface area is 133 Å². The first-order valence-corrected chi connectivity index (χ1v) is 7.32. The summed E-state index contributed by atoms with van der Waals surface area (Å²) in [4.78, 5) is 4.12. The van der Waals surface area contributed by atoms with Crippen LogP contribution in [-0.4, -0.2) is 18.3 Å². The minimum absolute atomic E-state index is 0.123. The van der Waals surface area contributed by atoms with E-state index in [0.717, 1.165) is 0 Å². The Balaban J connectivity index is 1.65. The van der Waals surface area contributed by atoms with E-state index in [1.54, 1.807) is 18.2 Å². The molecule has 1 aromatic carbocycles. The fraction of sp³-hybridized carbons (Fsp3) is 0.375. The molecule has 120 valence electrons. The van der Waals surface area contributed by atoms with Gasteiger partial charge in [0, 0.05) is 12.6 Å². The number of rotatable bonds is 6. The minimum atomic E-state index is 0.123. The van der Waals surface area contributed by atoms with Gasteiger partial charge in [-0.05, 0) is 18.1 Å². The molecule has 3 rings (SSSR count). The van der Waals surface area contributed by atoms with E-state index < -0.39 is 0 Å². The SMILES string of the molecule is CC(C)CNc1oc(COc2ccc3c(c2)OCO3)nc1C#N. The standard InChI is InChI=1S/C16H17N3O4/c1-10(2)7-18-16-12(6-17)19-15(23-16)8-20-11-3-4-13-14(5-11)22-9-21-13/h3-5,10,18H,7-9H2,1-2H3. The number of hydrogen-bond acceptors (Lipinski definition) is 7. The van der Waals surface area contributed by atoms with Crippen LogP contribution in [0.4, 0.5) is 5.88 Å². The van der Waals surface area contributed by atoms with Crippen molar-refractivity contribution in [2.45, 2.75) is 20.5 Å². The number of nitrogens with one attached hydrogen (secondary N) is 1. The molecule has 7 heteroatoms. The highest BCUT2D eigenvalue weighted by atomic mass is 16.7. The highest BCUT2D eigenvalue weighted by molar-refractivity contribution is 5.47. The van der Waals surface area contributed by atoms with E-state index in [9.17, 15) is 0 Å². The van der Waals surface area contributed by atoms with E-state index >= 15 is 0 Å². The Kier molecular flexibility index (Phi) is 4.24. The Morgan fingerprint density at radius 3 is 2.96 bits per heavy atom. The number of benzene rings is 1. The van der Waals surface area contributed by atoms with Gasteiger partial charge < -0.3 is 23.9 Å². The van der Waals surface area contributed by atoms with Crippen molar-refractivity contribution in [1.29, 1.82) is 5.26 Å². The van der Waals surface area contributed by atoms with Crippen molar-refractivity contribution in [2.75, 3.05) is 18.7 Å². The largest absolute Gasteiger partial charge is 0.484 e. The molecule has 2 heterocycles. The van der Waals surface area contributed by atoms with Crippen molar-refractivity contribution >= 4 is 5.88 Å². The van der Waals surface area contributed by atoms with Gasteiger partial charge in [-0.25, -0.2) is 0 Å². The second-order valence-corrected chi connectivity index (χ2v) is 5.48. The summed E-state index contributed by atoms with van der Waals surface area (Å²) in [7, 11) is 0. The number of ether oxygens (including phenoxy) is 3. The summed E-state index contributed by atoms with van der Waals surface area (Å²) in [5, 5.41) is 12.2. The quantitative estimate of drug-likeness (QED) is 0.876. The number of oxazole rings is 1. The lowest BCUT2D eigenvalue weighted by molar-refractivity contribution is 0.173. The van der Waals surface area contributed by atoms with Crippen LogP contribution in [0.1, 0.15) is 25.4 Å². The molecular weight excluding hydrogens is 298 g/mol. The predicted octanol–water partition coefficient (Wildman–Crippen LogP) is 2.92. The molecule has 0 fully saturated rings. The number of fused-ring (bicyclic) bond motifs is 1. The third-order valence-electron chi connectivity index (χ3n) is 3.15. The zero-order valence-corrected chi connectivity index (χ0v) is 13.0. The van der Waals surface area contributed by atoms with Crippen LogP contribution in [0.3, 0.4) is 0 Å². The van der Waals surface area contributed by atoms with Crippen LogP contribution in [0.5, 0.6) is 17.2 Å². The number of hydrogen-bond donors (Lipinski definition) is 1. The lowest BCUT2D eigenvalue weighted by Crippen LogP contribution is -2.08. The second-order valence-electron chi connectivity index (χ2n) is 5.48. The molecule has 2 aromatic rings. The zero-order chi connectivity index (χ0) is 16.2. The van der Waals surface area contributed by atoms with Gasteiger partial charge in [0.2, 0.25) is 24.3 Å². The van der Waals surface area contributed by atoms with Gasteiger partial charge in [0.05, 0.1) is 0 Å². The normalized spacial score (nSPS) is 12.3. The maximum absolute atomic E-state index is 9.10. The van der Waals surface area contributed by atoms with E-state index in [1.165, 1.54) is 0 Å². The predicted molar refractivity (Wildman–Crippen MR) is 81.4 cm³/mol. The van der Waals surface area contributed by atoms with Gasteiger partial charge in [-0.2, -0.15) is 10.2 Å². The summed E-state index contributed by atoms with van der Waals surface area (Å²) in [6, 6.07) is 7.32. The van der Waals surface area contributed by atoms with Crippen LogP contribution in [0.25, 0.3) is 0 Å². The summed E-state index contributed by atoms with van der Waals surface area (Å²) in [5.41, 5.74) is 0.231. The van der Waals surface area contributed by atoms with Crippen molar-refractivity contribution in [1.82, 2.24) is 4.98 Å². The Morgan fingerprint density at radius 2 is 2.17 bits per heavy atom. The molecule has 1 aromatic heterocycles. The summed E-state index contributed by atoms with van der Waals surface area (Å²) >= 11 is 0. The van der Waals surface area contributed by atoms with Gasteiger partial charge in [-0.15, -0.1) is 0 Å². The van der Waals surface area contributed by atoms with Crippen LogP contribution in [0.15, 0.2) is 22.6 Å². The average Bonchev–Trinajstić information content (AvgIpc) is 3.16. The third kappa shape index (κ3) is 3.48. The second kappa shape index (κ2) is 6.48. The molecular formula is C16H17N3O4. The topological polar surface area (TPSA) is 89.5 Å². The van der Waals surface area contributed by atoms with E-state index in [0.29, 0.717) is 41.5 Å². The van der Waals surface area contributed by atoms with Gasteiger partial charge >= 0.3 is 0 Å². The Bertz CT molecular complexity index is 733. The smallest absolute Gasteiger partial charge is 0.236 e. The van der Waals surface area contributed by atoms with Crippen molar-refractivity contribution in [3.63, 3.8) is 0 Å². The van der Waals surface area contributed by atoms with Crippen LogP contribution in [0, 0.1) is 17.2 Å². The van der Waals surface area contributed by atoms with Crippen LogP contribution in [0.2, 0.25) is 0 Å². The van der Waals surface area contributed by atoms with E-state index in [-0.39, 0.29) is 19.1 Å². The van der Waals surface area contributed by atoms with Gasteiger partial charge in [-0.1, -0.05) is 13.8 Å². The summed E-state index contributed by atoms with van der Waals surface area (Å²) in [6.07, 6.45) is 0. The molecule has 0 saturated heterocycles. The van der Waals surface area contributed by atoms with Gasteiger partial charge in [0.25, 0.3) is 0 Å². The molecule has 0 spiro atoms. The van der Waals surface area contributed by atoms with Gasteiger partial charge in [0.1, 0.15) is 11.8 Å². The number of nitrogens with zero attached hydrogens (tertiary/aromatic N) is 2. The molecule has 23 heavy (non-hydrogen) atoms. The molecule has 0 amide bonds. The first-order chi connectivity index (χ1) is 11.2. The summed E-state index contributed by atoms with van der Waals surface area (Å²) in [5.74, 6) is 3.10. The fourth-order valence-electron chi connectivity index (χ4n) is 2.03. The van der Waals surface area contributed by atoms with Crippen molar-refractivity contribution < 1.29 is 18.6 Å². The highest BCUT2D eigenvalue weighted by Crippen LogP contribution is 2.35. The molecule has 0 atom stereocenters. The maximum atomic E-state index is 9.10. The lowest BCUT2D eigenvalue weighted by Gasteiger charge is -2.05. The molecule has 0 saturated carbocycles. The number of nitriles is 1. The monoisotopic (exact) mass is 315 g/mol.